The largest absolute Gasteiger partial charge is 0.481 e. The van der Waals surface area contributed by atoms with Crippen LogP contribution in [0.2, 0.25) is 0 Å². The van der Waals surface area contributed by atoms with Crippen molar-refractivity contribution in [3.63, 3.8) is 0 Å². The molecule has 1 unspecified atom stereocenters. The van der Waals surface area contributed by atoms with Crippen LogP contribution in [0.5, 0.6) is 0 Å². The van der Waals surface area contributed by atoms with E-state index in [1.807, 2.05) is 6.07 Å². The van der Waals surface area contributed by atoms with Gasteiger partial charge in [-0.05, 0) is 43.0 Å². The molecule has 1 saturated heterocycles. The number of aryl methyl sites for hydroxylation is 1. The number of carbonyl (C=O) groups is 1. The van der Waals surface area contributed by atoms with Gasteiger partial charge in [0.05, 0.1) is 16.5 Å². The minimum atomic E-state index is -3.62. The van der Waals surface area contributed by atoms with Crippen LogP contribution in [0.3, 0.4) is 0 Å². The summed E-state index contributed by atoms with van der Waals surface area (Å²) in [6.45, 7) is 2.25. The van der Waals surface area contributed by atoms with Crippen LogP contribution in [0.1, 0.15) is 24.0 Å². The summed E-state index contributed by atoms with van der Waals surface area (Å²) >= 11 is 0. The van der Waals surface area contributed by atoms with Crippen LogP contribution in [0.4, 0.5) is 0 Å². The minimum Gasteiger partial charge on any atom is -0.481 e. The van der Waals surface area contributed by atoms with Gasteiger partial charge in [0.2, 0.25) is 10.0 Å². The molecule has 0 saturated carbocycles. The van der Waals surface area contributed by atoms with Gasteiger partial charge in [0.1, 0.15) is 0 Å². The van der Waals surface area contributed by atoms with Gasteiger partial charge in [-0.2, -0.15) is 9.57 Å². The number of sulfonamides is 1. The maximum Gasteiger partial charge on any atom is 0.303 e. The Kier molecular flexibility index (Phi) is 4.30. The van der Waals surface area contributed by atoms with E-state index in [0.29, 0.717) is 24.1 Å². The van der Waals surface area contributed by atoms with Crippen molar-refractivity contribution in [2.75, 3.05) is 13.1 Å². The molecule has 6 nitrogen and oxygen atoms in total. The molecule has 0 spiro atoms. The van der Waals surface area contributed by atoms with E-state index in [1.54, 1.807) is 6.92 Å². The van der Waals surface area contributed by atoms with Crippen molar-refractivity contribution in [3.05, 3.63) is 29.3 Å². The summed E-state index contributed by atoms with van der Waals surface area (Å²) in [6.07, 6.45) is 0.541. The number of nitrogens with zero attached hydrogens (tertiary/aromatic N) is 2. The van der Waals surface area contributed by atoms with Crippen molar-refractivity contribution >= 4 is 16.0 Å². The Bertz CT molecular complexity index is 706. The van der Waals surface area contributed by atoms with Crippen molar-refractivity contribution < 1.29 is 18.3 Å². The second-order valence-electron chi connectivity index (χ2n) is 5.20. The molecule has 0 bridgehead atoms. The van der Waals surface area contributed by atoms with Crippen LogP contribution in [0.15, 0.2) is 23.1 Å². The molecule has 112 valence electrons. The number of rotatable bonds is 4. The molecule has 0 aromatic heterocycles. The molecule has 1 aromatic rings. The highest BCUT2D eigenvalue weighted by molar-refractivity contribution is 7.89. The molecular weight excluding hydrogens is 292 g/mol. The maximum absolute atomic E-state index is 12.5. The molecule has 7 heteroatoms. The van der Waals surface area contributed by atoms with E-state index in [0.717, 1.165) is 0 Å². The third kappa shape index (κ3) is 3.23. The Hall–Kier alpha value is -1.91. The second-order valence-corrected chi connectivity index (χ2v) is 7.14. The van der Waals surface area contributed by atoms with E-state index < -0.39 is 16.0 Å². The summed E-state index contributed by atoms with van der Waals surface area (Å²) in [5, 5.41) is 17.7. The van der Waals surface area contributed by atoms with Gasteiger partial charge in [-0.1, -0.05) is 0 Å². The summed E-state index contributed by atoms with van der Waals surface area (Å²) in [5.41, 5.74) is 1.05. The number of nitriles is 1. The molecule has 1 aromatic carbocycles. The molecule has 1 aliphatic heterocycles. The van der Waals surface area contributed by atoms with Gasteiger partial charge in [-0.3, -0.25) is 4.79 Å². The molecule has 1 N–H and O–H groups in total. The lowest BCUT2D eigenvalue weighted by atomic mass is 10.1. The van der Waals surface area contributed by atoms with Gasteiger partial charge in [0.15, 0.2) is 0 Å². The average Bonchev–Trinajstić information content (AvgIpc) is 2.87. The molecule has 1 aliphatic rings. The molecular formula is C14H16N2O4S. The Labute approximate surface area is 123 Å². The first-order valence-corrected chi connectivity index (χ1v) is 8.01. The molecule has 2 rings (SSSR count). The van der Waals surface area contributed by atoms with Gasteiger partial charge in [0, 0.05) is 19.5 Å². The van der Waals surface area contributed by atoms with Crippen LogP contribution < -0.4 is 0 Å². The average molecular weight is 308 g/mol. The number of hydrogen-bond acceptors (Lipinski definition) is 4. The SMILES string of the molecule is Cc1cc(S(=O)(=O)N2CCC(CC(=O)O)C2)ccc1C#N. The van der Waals surface area contributed by atoms with Crippen molar-refractivity contribution in [2.24, 2.45) is 5.92 Å². The van der Waals surface area contributed by atoms with Gasteiger partial charge in [-0.25, -0.2) is 8.42 Å². The van der Waals surface area contributed by atoms with Crippen LogP contribution in [0.25, 0.3) is 0 Å². The zero-order chi connectivity index (χ0) is 15.6. The lowest BCUT2D eigenvalue weighted by Crippen LogP contribution is -2.29. The Morgan fingerprint density at radius 2 is 2.24 bits per heavy atom. The highest BCUT2D eigenvalue weighted by Gasteiger charge is 2.33. The summed E-state index contributed by atoms with van der Waals surface area (Å²) in [7, 11) is -3.62. The highest BCUT2D eigenvalue weighted by atomic mass is 32.2. The first kappa shape index (κ1) is 15.5. The third-order valence-corrected chi connectivity index (χ3v) is 5.53. The molecule has 0 radical (unpaired) electrons. The minimum absolute atomic E-state index is 0.0155. The predicted octanol–water partition coefficient (Wildman–Crippen LogP) is 1.35. The van der Waals surface area contributed by atoms with Crippen molar-refractivity contribution in [2.45, 2.75) is 24.7 Å². The molecule has 21 heavy (non-hydrogen) atoms. The first-order chi connectivity index (χ1) is 9.84. The molecule has 1 fully saturated rings. The molecule has 1 heterocycles. The maximum atomic E-state index is 12.5. The fraction of sp³-hybridized carbons (Fsp3) is 0.429. The monoisotopic (exact) mass is 308 g/mol. The Morgan fingerprint density at radius 1 is 1.52 bits per heavy atom. The highest BCUT2D eigenvalue weighted by Crippen LogP contribution is 2.27. The van der Waals surface area contributed by atoms with E-state index in [9.17, 15) is 13.2 Å². The first-order valence-electron chi connectivity index (χ1n) is 6.57. The van der Waals surface area contributed by atoms with E-state index in [-0.39, 0.29) is 23.8 Å². The van der Waals surface area contributed by atoms with Gasteiger partial charge in [0.25, 0.3) is 0 Å². The molecule has 1 atom stereocenters. The fourth-order valence-corrected chi connectivity index (χ4v) is 4.12. The van der Waals surface area contributed by atoms with Crippen LogP contribution in [-0.4, -0.2) is 36.9 Å². The zero-order valence-corrected chi connectivity index (χ0v) is 12.4. The van der Waals surface area contributed by atoms with Crippen LogP contribution >= 0.6 is 0 Å². The number of benzene rings is 1. The Balaban J connectivity index is 2.22. The van der Waals surface area contributed by atoms with Gasteiger partial charge >= 0.3 is 5.97 Å². The number of hydrogen-bond donors (Lipinski definition) is 1. The lowest BCUT2D eigenvalue weighted by molar-refractivity contribution is -0.137. The number of aliphatic carboxylic acids is 1. The predicted molar refractivity (Wildman–Crippen MR) is 75.0 cm³/mol. The summed E-state index contributed by atoms with van der Waals surface area (Å²) in [4.78, 5) is 10.8. The van der Waals surface area contributed by atoms with Crippen LogP contribution in [0, 0.1) is 24.2 Å². The van der Waals surface area contributed by atoms with E-state index in [2.05, 4.69) is 0 Å². The summed E-state index contributed by atoms with van der Waals surface area (Å²) in [6, 6.07) is 6.40. The third-order valence-electron chi connectivity index (χ3n) is 3.67. The summed E-state index contributed by atoms with van der Waals surface area (Å²) in [5.74, 6) is -1.05. The van der Waals surface area contributed by atoms with Crippen LogP contribution in [-0.2, 0) is 14.8 Å². The molecule has 0 aliphatic carbocycles. The van der Waals surface area contributed by atoms with Crippen molar-refractivity contribution in [3.8, 4) is 6.07 Å². The molecule has 0 amide bonds. The number of carboxylic acids is 1. The lowest BCUT2D eigenvalue weighted by Gasteiger charge is -2.17. The van der Waals surface area contributed by atoms with E-state index in [1.165, 1.54) is 22.5 Å². The second kappa shape index (κ2) is 5.84. The quantitative estimate of drug-likeness (QED) is 0.905. The Morgan fingerprint density at radius 3 is 2.81 bits per heavy atom. The van der Waals surface area contributed by atoms with E-state index >= 15 is 0 Å². The summed E-state index contributed by atoms with van der Waals surface area (Å²) < 4.78 is 26.3. The van der Waals surface area contributed by atoms with Gasteiger partial charge < -0.3 is 5.11 Å². The normalized spacial score (nSPS) is 19.3. The van der Waals surface area contributed by atoms with Gasteiger partial charge in [-0.15, -0.1) is 0 Å². The standard InChI is InChI=1S/C14H16N2O4S/c1-10-6-13(3-2-12(10)8-15)21(19,20)16-5-4-11(9-16)7-14(17)18/h2-3,6,11H,4-5,7,9H2,1H3,(H,17,18). The fourth-order valence-electron chi connectivity index (χ4n) is 2.50. The number of carboxylic acid groups (broad SMARTS) is 1. The van der Waals surface area contributed by atoms with Crippen molar-refractivity contribution in [1.82, 2.24) is 4.31 Å². The van der Waals surface area contributed by atoms with E-state index in [4.69, 9.17) is 10.4 Å². The van der Waals surface area contributed by atoms with Crippen molar-refractivity contribution in [1.29, 1.82) is 5.26 Å². The zero-order valence-electron chi connectivity index (χ0n) is 11.6. The smallest absolute Gasteiger partial charge is 0.303 e. The topological polar surface area (TPSA) is 98.5 Å².